The number of allylic oxidation sites excluding steroid dienone is 1. The van der Waals surface area contributed by atoms with Crippen molar-refractivity contribution in [1.29, 1.82) is 0 Å². The molecule has 0 spiro atoms. The lowest BCUT2D eigenvalue weighted by Crippen LogP contribution is -2.27. The lowest BCUT2D eigenvalue weighted by atomic mass is 9.89. The van der Waals surface area contributed by atoms with Gasteiger partial charge in [0.25, 0.3) is 0 Å². The van der Waals surface area contributed by atoms with Gasteiger partial charge < -0.3 is 16.0 Å². The molecule has 1 aromatic carbocycles. The number of ketones is 1. The Morgan fingerprint density at radius 1 is 0.914 bits per heavy atom. The first kappa shape index (κ1) is 23.8. The average Bonchev–Trinajstić information content (AvgIpc) is 3.50. The van der Waals surface area contributed by atoms with Crippen LogP contribution in [-0.2, 0) is 6.54 Å². The smallest absolute Gasteiger partial charge is 0.229 e. The Morgan fingerprint density at radius 2 is 1.63 bits per heavy atom. The van der Waals surface area contributed by atoms with E-state index in [0.717, 1.165) is 23.9 Å². The molecule has 1 heterocycles. The van der Waals surface area contributed by atoms with Gasteiger partial charge in [-0.1, -0.05) is 56.5 Å². The van der Waals surface area contributed by atoms with Gasteiger partial charge in [0.1, 0.15) is 0 Å². The van der Waals surface area contributed by atoms with Crippen molar-refractivity contribution in [3.8, 4) is 0 Å². The summed E-state index contributed by atoms with van der Waals surface area (Å²) in [5, 5.41) is 10.5. The highest BCUT2D eigenvalue weighted by Gasteiger charge is 2.39. The number of benzene rings is 1. The molecule has 0 amide bonds. The van der Waals surface area contributed by atoms with Gasteiger partial charge in [0, 0.05) is 24.7 Å². The summed E-state index contributed by atoms with van der Waals surface area (Å²) in [6, 6.07) is 8.08. The van der Waals surface area contributed by atoms with Crippen LogP contribution < -0.4 is 16.0 Å². The van der Waals surface area contributed by atoms with Crippen LogP contribution in [0.2, 0.25) is 0 Å². The van der Waals surface area contributed by atoms with E-state index < -0.39 is 0 Å². The molecule has 0 saturated heterocycles. The van der Waals surface area contributed by atoms with Crippen LogP contribution in [-0.4, -0.2) is 33.3 Å². The van der Waals surface area contributed by atoms with Gasteiger partial charge in [-0.3, -0.25) is 4.79 Å². The molecule has 3 saturated carbocycles. The molecule has 0 aliphatic heterocycles. The minimum atomic E-state index is -0.0213. The van der Waals surface area contributed by atoms with E-state index in [1.807, 2.05) is 24.3 Å². The highest BCUT2D eigenvalue weighted by Crippen LogP contribution is 2.45. The molecule has 7 nitrogen and oxygen atoms in total. The van der Waals surface area contributed by atoms with E-state index >= 15 is 0 Å². The second-order valence-corrected chi connectivity index (χ2v) is 10.8. The Balaban J connectivity index is 1.26. The number of carbonyl (C=O) groups excluding carboxylic acids is 1. The largest absolute Gasteiger partial charge is 0.354 e. The van der Waals surface area contributed by atoms with Crippen LogP contribution in [0.25, 0.3) is 0 Å². The van der Waals surface area contributed by atoms with E-state index in [0.29, 0.717) is 47.5 Å². The van der Waals surface area contributed by atoms with Crippen LogP contribution in [0.15, 0.2) is 36.4 Å². The summed E-state index contributed by atoms with van der Waals surface area (Å²) < 4.78 is 0. The number of fused-ring (bicyclic) bond motifs is 2. The van der Waals surface area contributed by atoms with Crippen LogP contribution in [0.1, 0.15) is 80.6 Å². The Kier molecular flexibility index (Phi) is 7.30. The van der Waals surface area contributed by atoms with Crippen LogP contribution in [0.3, 0.4) is 0 Å². The number of aromatic nitrogens is 3. The first-order chi connectivity index (χ1) is 17.0. The lowest BCUT2D eigenvalue weighted by Gasteiger charge is -2.24. The van der Waals surface area contributed by atoms with Crippen molar-refractivity contribution in [1.82, 2.24) is 15.0 Å². The fourth-order valence-corrected chi connectivity index (χ4v) is 6.01. The minimum Gasteiger partial charge on any atom is -0.354 e. The van der Waals surface area contributed by atoms with Crippen LogP contribution in [0.5, 0.6) is 0 Å². The molecule has 5 rings (SSSR count). The van der Waals surface area contributed by atoms with E-state index in [-0.39, 0.29) is 5.78 Å². The fourth-order valence-electron chi connectivity index (χ4n) is 6.01. The summed E-state index contributed by atoms with van der Waals surface area (Å²) in [7, 11) is 0. The Hall–Kier alpha value is -2.96. The van der Waals surface area contributed by atoms with E-state index in [9.17, 15) is 4.79 Å². The highest BCUT2D eigenvalue weighted by molar-refractivity contribution is 6.07. The first-order valence-corrected chi connectivity index (χ1v) is 13.3. The summed E-state index contributed by atoms with van der Waals surface area (Å²) in [4.78, 5) is 26.2. The third kappa shape index (κ3) is 6.00. The number of hydrogen-bond acceptors (Lipinski definition) is 7. The minimum absolute atomic E-state index is 0.0213. The number of nitrogens with zero attached hydrogens (tertiary/aromatic N) is 3. The van der Waals surface area contributed by atoms with Gasteiger partial charge in [-0.05, 0) is 67.9 Å². The molecule has 2 bridgehead atoms. The van der Waals surface area contributed by atoms with Crippen molar-refractivity contribution in [3.63, 3.8) is 0 Å². The Morgan fingerprint density at radius 3 is 2.29 bits per heavy atom. The maximum atomic E-state index is 12.1. The summed E-state index contributed by atoms with van der Waals surface area (Å²) in [5.41, 5.74) is 2.26. The number of hydrogen-bond donors (Lipinski definition) is 3. The maximum absolute atomic E-state index is 12.1. The third-order valence-corrected chi connectivity index (χ3v) is 8.02. The zero-order chi connectivity index (χ0) is 24.2. The molecule has 35 heavy (non-hydrogen) atoms. The van der Waals surface area contributed by atoms with Crippen molar-refractivity contribution >= 4 is 23.6 Å². The number of rotatable bonds is 10. The van der Waals surface area contributed by atoms with E-state index in [2.05, 4.69) is 27.5 Å². The average molecular weight is 475 g/mol. The second kappa shape index (κ2) is 10.8. The van der Waals surface area contributed by atoms with Crippen molar-refractivity contribution in [2.24, 2.45) is 17.8 Å². The van der Waals surface area contributed by atoms with Gasteiger partial charge in [-0.15, -0.1) is 0 Å². The normalized spacial score (nSPS) is 23.7. The number of nitrogens with one attached hydrogen (secondary N) is 3. The molecule has 3 unspecified atom stereocenters. The molecular weight excluding hydrogens is 436 g/mol. The second-order valence-electron chi connectivity index (χ2n) is 10.8. The Labute approximate surface area is 208 Å². The zero-order valence-electron chi connectivity index (χ0n) is 20.9. The van der Waals surface area contributed by atoms with E-state index in [1.165, 1.54) is 57.8 Å². The molecule has 3 aliphatic carbocycles. The molecule has 186 valence electrons. The standard InChI is InChI=1S/C28H38N6O/c1-18(2)25(35)22-11-8-20(9-12-22)17-30-27-32-26(29-16-19-6-4-3-5-7-19)33-28(34-27)31-24-15-21-10-13-23(24)14-21/h8-9,11-12,19,21,23-24H,1,3-7,10,13-17H2,2H3,(H3,29,30,31,32,33,34). The fraction of sp³-hybridized carbons (Fsp3) is 0.571. The van der Waals surface area contributed by atoms with Gasteiger partial charge in [0.2, 0.25) is 17.8 Å². The van der Waals surface area contributed by atoms with Gasteiger partial charge in [0.05, 0.1) is 0 Å². The van der Waals surface area contributed by atoms with E-state index in [1.54, 1.807) is 6.92 Å². The molecule has 3 atom stereocenters. The van der Waals surface area contributed by atoms with Crippen molar-refractivity contribution in [3.05, 3.63) is 47.5 Å². The summed E-state index contributed by atoms with van der Waals surface area (Å²) in [5.74, 6) is 4.15. The van der Waals surface area contributed by atoms with Crippen molar-refractivity contribution in [2.45, 2.75) is 77.3 Å². The summed E-state index contributed by atoms with van der Waals surface area (Å²) in [6.07, 6.45) is 11.8. The lowest BCUT2D eigenvalue weighted by molar-refractivity contribution is 0.103. The maximum Gasteiger partial charge on any atom is 0.229 e. The molecular formula is C28H38N6O. The molecule has 7 heteroatoms. The van der Waals surface area contributed by atoms with Crippen LogP contribution in [0.4, 0.5) is 17.8 Å². The monoisotopic (exact) mass is 474 g/mol. The quantitative estimate of drug-likeness (QED) is 0.294. The number of Topliss-reactive ketones (excluding diaryl/α,β-unsaturated/α-hetero) is 1. The van der Waals surface area contributed by atoms with E-state index in [4.69, 9.17) is 9.97 Å². The number of anilines is 3. The van der Waals surface area contributed by atoms with Crippen molar-refractivity contribution in [2.75, 3.05) is 22.5 Å². The van der Waals surface area contributed by atoms with Gasteiger partial charge in [-0.25, -0.2) is 0 Å². The van der Waals surface area contributed by atoms with Crippen LogP contribution in [0, 0.1) is 17.8 Å². The topological polar surface area (TPSA) is 91.8 Å². The predicted molar refractivity (Wildman–Crippen MR) is 141 cm³/mol. The molecule has 0 radical (unpaired) electrons. The van der Waals surface area contributed by atoms with Gasteiger partial charge in [-0.2, -0.15) is 15.0 Å². The van der Waals surface area contributed by atoms with Gasteiger partial charge >= 0.3 is 0 Å². The summed E-state index contributed by atoms with van der Waals surface area (Å²) in [6.45, 7) is 6.96. The number of carbonyl (C=O) groups is 1. The van der Waals surface area contributed by atoms with Gasteiger partial charge in [0.15, 0.2) is 5.78 Å². The van der Waals surface area contributed by atoms with Crippen molar-refractivity contribution < 1.29 is 4.79 Å². The van der Waals surface area contributed by atoms with Crippen LogP contribution >= 0.6 is 0 Å². The molecule has 3 aliphatic rings. The third-order valence-electron chi connectivity index (χ3n) is 8.02. The zero-order valence-corrected chi connectivity index (χ0v) is 20.9. The molecule has 1 aromatic heterocycles. The molecule has 3 N–H and O–H groups in total. The molecule has 3 fully saturated rings. The Bertz CT molecular complexity index is 1050. The SMILES string of the molecule is C=C(C)C(=O)c1ccc(CNc2nc(NCC3CCCCC3)nc(NC3CC4CCC3C4)n2)cc1. The first-order valence-electron chi connectivity index (χ1n) is 13.3. The predicted octanol–water partition coefficient (Wildman–Crippen LogP) is 5.84. The summed E-state index contributed by atoms with van der Waals surface area (Å²) >= 11 is 0. The molecule has 2 aromatic rings. The highest BCUT2D eigenvalue weighted by atomic mass is 16.1.